The van der Waals surface area contributed by atoms with Gasteiger partial charge < -0.3 is 19.7 Å². The van der Waals surface area contributed by atoms with E-state index >= 15 is 0 Å². The number of para-hydroxylation sites is 2. The van der Waals surface area contributed by atoms with Crippen molar-refractivity contribution in [2.45, 2.75) is 13.5 Å². The molecule has 0 unspecified atom stereocenters. The molecule has 7 nitrogen and oxygen atoms in total. The summed E-state index contributed by atoms with van der Waals surface area (Å²) in [4.78, 5) is 40.8. The van der Waals surface area contributed by atoms with Crippen molar-refractivity contribution in [3.8, 4) is 0 Å². The molecule has 8 heteroatoms. The van der Waals surface area contributed by atoms with Gasteiger partial charge in [0.2, 0.25) is 5.56 Å². The first kappa shape index (κ1) is 22.3. The third-order valence-electron chi connectivity index (χ3n) is 6.23. The Hall–Kier alpha value is -3.49. The predicted molar refractivity (Wildman–Crippen MR) is 138 cm³/mol. The third kappa shape index (κ3) is 4.47. The van der Waals surface area contributed by atoms with Gasteiger partial charge in [-0.3, -0.25) is 9.59 Å². The predicted octanol–water partition coefficient (Wildman–Crippen LogP) is 3.89. The van der Waals surface area contributed by atoms with Gasteiger partial charge >= 0.3 is 0 Å². The quantitative estimate of drug-likeness (QED) is 0.476. The zero-order valence-corrected chi connectivity index (χ0v) is 20.1. The minimum atomic E-state index is -0.180. The molecule has 2 aromatic heterocycles. The summed E-state index contributed by atoms with van der Waals surface area (Å²) in [5.74, 6) is -0.106. The molecule has 1 saturated heterocycles. The molecule has 0 bridgehead atoms. The lowest BCUT2D eigenvalue weighted by molar-refractivity contribution is 0.0988. The smallest absolute Gasteiger partial charge is 0.270 e. The molecule has 1 aliphatic heterocycles. The number of likely N-dealkylation sites (N-methyl/N-ethyl adjacent to an activating group) is 1. The van der Waals surface area contributed by atoms with E-state index in [1.54, 1.807) is 11.0 Å². The molecule has 1 aliphatic rings. The number of carbonyl (C=O) groups is 1. The zero-order valence-electron chi connectivity index (χ0n) is 19.3. The van der Waals surface area contributed by atoms with E-state index in [0.29, 0.717) is 4.88 Å². The van der Waals surface area contributed by atoms with Gasteiger partial charge in [-0.15, -0.1) is 0 Å². The molecule has 0 atom stereocenters. The van der Waals surface area contributed by atoms with Crippen LogP contribution < -0.4 is 15.4 Å². The molecular weight excluding hydrogens is 446 g/mol. The van der Waals surface area contributed by atoms with Crippen molar-refractivity contribution >= 4 is 39.0 Å². The van der Waals surface area contributed by atoms with Gasteiger partial charge in [0.15, 0.2) is 5.13 Å². The lowest BCUT2D eigenvalue weighted by Crippen LogP contribution is -2.44. The Morgan fingerprint density at radius 3 is 2.53 bits per heavy atom. The molecule has 0 aliphatic carbocycles. The summed E-state index contributed by atoms with van der Waals surface area (Å²) in [6.45, 7) is 5.95. The number of pyridine rings is 1. The number of nitrogens with zero attached hydrogens (tertiary/aromatic N) is 4. The van der Waals surface area contributed by atoms with Crippen LogP contribution in [0.15, 0.2) is 65.5 Å². The number of carbonyl (C=O) groups excluding carboxylic acids is 1. The van der Waals surface area contributed by atoms with Gasteiger partial charge in [0, 0.05) is 48.8 Å². The summed E-state index contributed by atoms with van der Waals surface area (Å²) < 4.78 is 0. The number of rotatable bonds is 5. The molecule has 1 fully saturated rings. The van der Waals surface area contributed by atoms with E-state index in [2.05, 4.69) is 21.8 Å². The number of nitrogens with one attached hydrogen (secondary N) is 1. The second kappa shape index (κ2) is 9.40. The van der Waals surface area contributed by atoms with Crippen LogP contribution in [0.4, 0.5) is 10.8 Å². The van der Waals surface area contributed by atoms with E-state index < -0.39 is 0 Å². The van der Waals surface area contributed by atoms with E-state index in [9.17, 15) is 9.59 Å². The van der Waals surface area contributed by atoms with E-state index in [1.807, 2.05) is 61.5 Å². The Morgan fingerprint density at radius 1 is 1.06 bits per heavy atom. The molecule has 174 valence electrons. The first-order valence-electron chi connectivity index (χ1n) is 11.4. The molecule has 1 N–H and O–H groups in total. The van der Waals surface area contributed by atoms with Gasteiger partial charge in [0.25, 0.3) is 5.91 Å². The van der Waals surface area contributed by atoms with Gasteiger partial charge in [-0.05, 0) is 37.7 Å². The van der Waals surface area contributed by atoms with Crippen molar-refractivity contribution < 1.29 is 4.79 Å². The van der Waals surface area contributed by atoms with Crippen LogP contribution in [0.5, 0.6) is 0 Å². The Bertz CT molecular complexity index is 1370. The van der Waals surface area contributed by atoms with Crippen LogP contribution in [-0.4, -0.2) is 54.0 Å². The van der Waals surface area contributed by atoms with Crippen LogP contribution in [0, 0.1) is 6.92 Å². The summed E-state index contributed by atoms with van der Waals surface area (Å²) in [7, 11) is 2.12. The fourth-order valence-electron chi connectivity index (χ4n) is 4.30. The largest absolute Gasteiger partial charge is 0.346 e. The van der Waals surface area contributed by atoms with Crippen LogP contribution in [0.1, 0.15) is 20.9 Å². The fraction of sp³-hybridized carbons (Fsp3) is 0.269. The van der Waals surface area contributed by atoms with Crippen molar-refractivity contribution in [2.75, 3.05) is 43.0 Å². The first-order chi connectivity index (χ1) is 16.5. The minimum Gasteiger partial charge on any atom is -0.346 e. The van der Waals surface area contributed by atoms with Crippen molar-refractivity contribution in [1.29, 1.82) is 0 Å². The summed E-state index contributed by atoms with van der Waals surface area (Å²) in [5, 5.41) is 1.82. The number of anilines is 2. The van der Waals surface area contributed by atoms with Crippen molar-refractivity contribution in [1.82, 2.24) is 14.9 Å². The topological polar surface area (TPSA) is 72.5 Å². The lowest BCUT2D eigenvalue weighted by Gasteiger charge is -2.32. The molecule has 4 aromatic rings. The van der Waals surface area contributed by atoms with Gasteiger partial charge in [-0.2, -0.15) is 0 Å². The molecule has 1 amide bonds. The number of aromatic nitrogens is 2. The van der Waals surface area contributed by atoms with Crippen molar-refractivity contribution in [3.63, 3.8) is 0 Å². The lowest BCUT2D eigenvalue weighted by atomic mass is 10.1. The number of aromatic amines is 1. The van der Waals surface area contributed by atoms with Gasteiger partial charge in [0.1, 0.15) is 4.88 Å². The van der Waals surface area contributed by atoms with E-state index in [1.165, 1.54) is 11.3 Å². The standard InChI is InChI=1S/C26H27N5O2S/c1-18-24(34-26(27-18)30-14-12-29(2)13-15-30)25(33)31(20-8-4-3-5-9-20)17-19-16-23(32)28-22-11-7-6-10-21(19)22/h3-11,16H,12-15,17H2,1-2H3,(H,28,32). The summed E-state index contributed by atoms with van der Waals surface area (Å²) in [5.41, 5.74) is 2.90. The maximum atomic E-state index is 13.9. The number of benzene rings is 2. The van der Waals surface area contributed by atoms with Crippen LogP contribution in [-0.2, 0) is 6.54 Å². The third-order valence-corrected chi connectivity index (χ3v) is 7.44. The number of fused-ring (bicyclic) bond motifs is 1. The number of piperazine rings is 1. The zero-order chi connectivity index (χ0) is 23.7. The average molecular weight is 474 g/mol. The molecule has 0 spiro atoms. The normalized spacial score (nSPS) is 14.5. The second-order valence-electron chi connectivity index (χ2n) is 8.63. The van der Waals surface area contributed by atoms with Crippen LogP contribution in [0.3, 0.4) is 0 Å². The number of hydrogen-bond donors (Lipinski definition) is 1. The molecule has 3 heterocycles. The van der Waals surface area contributed by atoms with Gasteiger partial charge in [0.05, 0.1) is 12.2 Å². The highest BCUT2D eigenvalue weighted by Gasteiger charge is 2.26. The number of aryl methyl sites for hydroxylation is 1. The summed E-state index contributed by atoms with van der Waals surface area (Å²) in [6.07, 6.45) is 0. The number of hydrogen-bond acceptors (Lipinski definition) is 6. The van der Waals surface area contributed by atoms with Crippen LogP contribution in [0.25, 0.3) is 10.9 Å². The average Bonchev–Trinajstić information content (AvgIpc) is 3.24. The Morgan fingerprint density at radius 2 is 1.76 bits per heavy atom. The van der Waals surface area contributed by atoms with Crippen LogP contribution >= 0.6 is 11.3 Å². The number of H-pyrrole nitrogens is 1. The first-order valence-corrected chi connectivity index (χ1v) is 12.2. The Balaban J connectivity index is 1.52. The molecule has 2 aromatic carbocycles. The molecular formula is C26H27N5O2S. The fourth-order valence-corrected chi connectivity index (χ4v) is 5.37. The Labute approximate surface area is 202 Å². The second-order valence-corrected chi connectivity index (χ2v) is 9.61. The number of amides is 1. The highest BCUT2D eigenvalue weighted by Crippen LogP contribution is 2.30. The maximum absolute atomic E-state index is 13.9. The highest BCUT2D eigenvalue weighted by atomic mass is 32.1. The molecule has 0 radical (unpaired) electrons. The van der Waals surface area contributed by atoms with Gasteiger partial charge in [-0.1, -0.05) is 47.7 Å². The minimum absolute atomic E-state index is 0.106. The van der Waals surface area contributed by atoms with Crippen molar-refractivity contribution in [2.24, 2.45) is 0 Å². The maximum Gasteiger partial charge on any atom is 0.270 e. The Kier molecular flexibility index (Phi) is 6.17. The molecule has 34 heavy (non-hydrogen) atoms. The highest BCUT2D eigenvalue weighted by molar-refractivity contribution is 7.17. The molecule has 5 rings (SSSR count). The van der Waals surface area contributed by atoms with Crippen LogP contribution in [0.2, 0.25) is 0 Å². The van der Waals surface area contributed by atoms with Gasteiger partial charge in [-0.25, -0.2) is 4.98 Å². The van der Waals surface area contributed by atoms with E-state index in [4.69, 9.17) is 4.98 Å². The summed E-state index contributed by atoms with van der Waals surface area (Å²) >= 11 is 1.45. The van der Waals surface area contributed by atoms with E-state index in [0.717, 1.165) is 59.2 Å². The monoisotopic (exact) mass is 473 g/mol. The molecule has 0 saturated carbocycles. The SMILES string of the molecule is Cc1nc(N2CCN(C)CC2)sc1C(=O)N(Cc1cc(=O)[nH]c2ccccc12)c1ccccc1. The van der Waals surface area contributed by atoms with E-state index in [-0.39, 0.29) is 18.0 Å². The van der Waals surface area contributed by atoms with Crippen molar-refractivity contribution in [3.05, 3.63) is 87.2 Å². The number of thiazole rings is 1. The summed E-state index contributed by atoms with van der Waals surface area (Å²) in [6, 6.07) is 18.9.